The maximum Gasteiger partial charge on any atom is 0.321 e. The zero-order chi connectivity index (χ0) is 10.1. The molecule has 0 aliphatic carbocycles. The summed E-state index contributed by atoms with van der Waals surface area (Å²) in [6.07, 6.45) is 0. The first-order valence-corrected chi connectivity index (χ1v) is 6.26. The van der Waals surface area contributed by atoms with Crippen LogP contribution in [0.3, 0.4) is 0 Å². The molecule has 2 atom stereocenters. The lowest BCUT2D eigenvalue weighted by molar-refractivity contribution is -0.138. The monoisotopic (exact) mass is 229 g/mol. The van der Waals surface area contributed by atoms with Crippen LogP contribution in [-0.4, -0.2) is 22.9 Å². The largest absolute Gasteiger partial charge is 0.480 e. The third kappa shape index (κ3) is 1.80. The number of carboxylic acid groups (broad SMARTS) is 1. The molecule has 1 aliphatic rings. The molecule has 0 aromatic carbocycles. The first-order valence-electron chi connectivity index (χ1n) is 4.33. The topological polar surface area (TPSA) is 49.3 Å². The highest BCUT2D eigenvalue weighted by molar-refractivity contribution is 7.99. The van der Waals surface area contributed by atoms with Crippen molar-refractivity contribution in [3.63, 3.8) is 0 Å². The minimum atomic E-state index is -0.755. The quantitative estimate of drug-likeness (QED) is 0.812. The fourth-order valence-corrected chi connectivity index (χ4v) is 3.87. The molecule has 2 rings (SSSR count). The van der Waals surface area contributed by atoms with E-state index >= 15 is 0 Å². The predicted octanol–water partition coefficient (Wildman–Crippen LogP) is 1.84. The van der Waals surface area contributed by atoms with E-state index < -0.39 is 12.0 Å². The van der Waals surface area contributed by atoms with E-state index in [2.05, 4.69) is 18.3 Å². The third-order valence-corrected chi connectivity index (χ3v) is 4.68. The number of aliphatic carboxylic acids is 1. The van der Waals surface area contributed by atoms with Gasteiger partial charge in [0.05, 0.1) is 5.37 Å². The summed E-state index contributed by atoms with van der Waals surface area (Å²) in [5.41, 5.74) is 1.24. The molecular formula is C9H11NO2S2. The van der Waals surface area contributed by atoms with Gasteiger partial charge in [-0.25, -0.2) is 0 Å². The van der Waals surface area contributed by atoms with E-state index in [9.17, 15) is 4.79 Å². The maximum absolute atomic E-state index is 10.7. The van der Waals surface area contributed by atoms with Crippen molar-refractivity contribution >= 4 is 29.1 Å². The molecule has 0 spiro atoms. The summed E-state index contributed by atoms with van der Waals surface area (Å²) in [7, 11) is 0. The van der Waals surface area contributed by atoms with Gasteiger partial charge in [-0.05, 0) is 23.9 Å². The normalized spacial score (nSPS) is 26.6. The van der Waals surface area contributed by atoms with Crippen LogP contribution in [0.1, 0.15) is 15.8 Å². The van der Waals surface area contributed by atoms with Crippen molar-refractivity contribution < 1.29 is 9.90 Å². The Morgan fingerprint density at radius 1 is 1.71 bits per heavy atom. The summed E-state index contributed by atoms with van der Waals surface area (Å²) in [6, 6.07) is 1.67. The molecule has 0 radical (unpaired) electrons. The number of hydrogen-bond acceptors (Lipinski definition) is 4. The molecule has 5 heteroatoms. The number of thioether (sulfide) groups is 1. The van der Waals surface area contributed by atoms with Gasteiger partial charge in [-0.2, -0.15) is 0 Å². The first kappa shape index (κ1) is 10.0. The summed E-state index contributed by atoms with van der Waals surface area (Å²) in [5, 5.41) is 14.1. The lowest BCUT2D eigenvalue weighted by atomic mass is 10.2. The zero-order valence-electron chi connectivity index (χ0n) is 7.69. The van der Waals surface area contributed by atoms with Crippen LogP contribution in [0.4, 0.5) is 0 Å². The van der Waals surface area contributed by atoms with Crippen LogP contribution in [0, 0.1) is 6.92 Å². The first-order chi connectivity index (χ1) is 6.68. The third-order valence-electron chi connectivity index (χ3n) is 2.22. The molecule has 1 aromatic rings. The summed E-state index contributed by atoms with van der Waals surface area (Å²) < 4.78 is 0. The molecular weight excluding hydrogens is 218 g/mol. The summed E-state index contributed by atoms with van der Waals surface area (Å²) in [4.78, 5) is 12.0. The smallest absolute Gasteiger partial charge is 0.321 e. The predicted molar refractivity (Wildman–Crippen MR) is 58.8 cm³/mol. The van der Waals surface area contributed by atoms with Gasteiger partial charge in [0.15, 0.2) is 0 Å². The van der Waals surface area contributed by atoms with Crippen molar-refractivity contribution in [2.24, 2.45) is 0 Å². The van der Waals surface area contributed by atoms with Crippen LogP contribution in [0.15, 0.2) is 11.4 Å². The number of aryl methyl sites for hydroxylation is 1. The van der Waals surface area contributed by atoms with E-state index in [1.54, 1.807) is 23.1 Å². The number of hydrogen-bond donors (Lipinski definition) is 2. The standard InChI is InChI=1S/C9H11NO2S2/c1-5-2-3-13-7(5)8-10-6(4-14-8)9(11)12/h2-3,6,8,10H,4H2,1H3,(H,11,12)/t6-,8-/m1/s1. The Balaban J connectivity index is 2.10. The van der Waals surface area contributed by atoms with Crippen molar-refractivity contribution in [1.82, 2.24) is 5.32 Å². The number of nitrogens with one attached hydrogen (secondary N) is 1. The van der Waals surface area contributed by atoms with Gasteiger partial charge in [0, 0.05) is 10.6 Å². The van der Waals surface area contributed by atoms with Gasteiger partial charge in [-0.15, -0.1) is 23.1 Å². The van der Waals surface area contributed by atoms with Gasteiger partial charge < -0.3 is 5.11 Å². The van der Waals surface area contributed by atoms with Crippen LogP contribution < -0.4 is 5.32 Å². The molecule has 76 valence electrons. The molecule has 3 nitrogen and oxygen atoms in total. The Kier molecular flexibility index (Phi) is 2.80. The van der Waals surface area contributed by atoms with E-state index in [1.165, 1.54) is 10.4 Å². The van der Waals surface area contributed by atoms with Crippen molar-refractivity contribution in [2.45, 2.75) is 18.3 Å². The van der Waals surface area contributed by atoms with Crippen molar-refractivity contribution in [3.8, 4) is 0 Å². The number of carboxylic acids is 1. The van der Waals surface area contributed by atoms with Gasteiger partial charge in [0.2, 0.25) is 0 Å². The summed E-state index contributed by atoms with van der Waals surface area (Å²) >= 11 is 3.35. The van der Waals surface area contributed by atoms with Crippen LogP contribution >= 0.6 is 23.1 Å². The molecule has 1 aliphatic heterocycles. The zero-order valence-corrected chi connectivity index (χ0v) is 9.32. The van der Waals surface area contributed by atoms with Crippen molar-refractivity contribution in [2.75, 3.05) is 5.75 Å². The van der Waals surface area contributed by atoms with Crippen molar-refractivity contribution in [3.05, 3.63) is 21.9 Å². The molecule has 0 bridgehead atoms. The Morgan fingerprint density at radius 3 is 3.00 bits per heavy atom. The maximum atomic E-state index is 10.7. The molecule has 14 heavy (non-hydrogen) atoms. The highest BCUT2D eigenvalue weighted by Gasteiger charge is 2.31. The average molecular weight is 229 g/mol. The second-order valence-corrected chi connectivity index (χ2v) is 5.32. The second kappa shape index (κ2) is 3.92. The molecule has 0 amide bonds. The Labute approximate surface area is 90.5 Å². The molecule has 1 fully saturated rings. The molecule has 1 saturated heterocycles. The second-order valence-electron chi connectivity index (χ2n) is 3.24. The lowest BCUT2D eigenvalue weighted by Crippen LogP contribution is -2.33. The van der Waals surface area contributed by atoms with E-state index in [1.807, 2.05) is 5.38 Å². The van der Waals surface area contributed by atoms with Gasteiger partial charge in [0.1, 0.15) is 6.04 Å². The van der Waals surface area contributed by atoms with E-state index in [0.29, 0.717) is 5.75 Å². The molecule has 1 aromatic heterocycles. The van der Waals surface area contributed by atoms with Crippen LogP contribution in [0.5, 0.6) is 0 Å². The minimum absolute atomic E-state index is 0.163. The van der Waals surface area contributed by atoms with Crippen LogP contribution in [-0.2, 0) is 4.79 Å². The van der Waals surface area contributed by atoms with Crippen molar-refractivity contribution in [1.29, 1.82) is 0 Å². The van der Waals surface area contributed by atoms with Crippen LogP contribution in [0.25, 0.3) is 0 Å². The van der Waals surface area contributed by atoms with Crippen LogP contribution in [0.2, 0.25) is 0 Å². The highest BCUT2D eigenvalue weighted by Crippen LogP contribution is 2.37. The van der Waals surface area contributed by atoms with Gasteiger partial charge in [0.25, 0.3) is 0 Å². The van der Waals surface area contributed by atoms with Gasteiger partial charge in [-0.1, -0.05) is 0 Å². The van der Waals surface area contributed by atoms with Gasteiger partial charge in [-0.3, -0.25) is 10.1 Å². The molecule has 2 N–H and O–H groups in total. The van der Waals surface area contributed by atoms with E-state index in [4.69, 9.17) is 5.11 Å². The number of carbonyl (C=O) groups is 1. The fraction of sp³-hybridized carbons (Fsp3) is 0.444. The molecule has 2 heterocycles. The Bertz CT molecular complexity index is 350. The Hall–Kier alpha value is -0.520. The molecule has 0 unspecified atom stereocenters. The average Bonchev–Trinajstić information content (AvgIpc) is 2.71. The fourth-order valence-electron chi connectivity index (χ4n) is 1.42. The SMILES string of the molecule is Cc1ccsc1[C@@H]1N[C@@H](C(=O)O)CS1. The van der Waals surface area contributed by atoms with E-state index in [0.717, 1.165) is 0 Å². The Morgan fingerprint density at radius 2 is 2.50 bits per heavy atom. The van der Waals surface area contributed by atoms with Gasteiger partial charge >= 0.3 is 5.97 Å². The van der Waals surface area contributed by atoms with E-state index in [-0.39, 0.29) is 5.37 Å². The lowest BCUT2D eigenvalue weighted by Gasteiger charge is -2.09. The summed E-state index contributed by atoms with van der Waals surface area (Å²) in [6.45, 7) is 2.06. The molecule has 0 saturated carbocycles. The number of thiophene rings is 1. The summed E-state index contributed by atoms with van der Waals surface area (Å²) in [5.74, 6) is -0.105. The minimum Gasteiger partial charge on any atom is -0.480 e. The highest BCUT2D eigenvalue weighted by atomic mass is 32.2. The number of rotatable bonds is 2.